The van der Waals surface area contributed by atoms with Crippen molar-refractivity contribution in [1.29, 1.82) is 0 Å². The first kappa shape index (κ1) is 16.1. The summed E-state index contributed by atoms with van der Waals surface area (Å²) in [6, 6.07) is 16.2. The van der Waals surface area contributed by atoms with Gasteiger partial charge in [0.25, 0.3) is 0 Å². The van der Waals surface area contributed by atoms with Crippen LogP contribution in [0, 0.1) is 6.92 Å². The number of ether oxygens (including phenoxy) is 1. The third kappa shape index (κ3) is 2.97. The van der Waals surface area contributed by atoms with Gasteiger partial charge in [-0.25, -0.2) is 15.0 Å². The molecule has 6 heteroatoms. The maximum Gasteiger partial charge on any atom is 0.165 e. The molecule has 0 aliphatic carbocycles. The van der Waals surface area contributed by atoms with Gasteiger partial charge >= 0.3 is 0 Å². The number of nitrogens with zero attached hydrogens (tertiary/aromatic N) is 4. The van der Waals surface area contributed by atoms with E-state index in [1.807, 2.05) is 35.9 Å². The van der Waals surface area contributed by atoms with Gasteiger partial charge in [-0.1, -0.05) is 29.8 Å². The van der Waals surface area contributed by atoms with E-state index in [1.54, 1.807) is 0 Å². The molecule has 0 aliphatic heterocycles. The number of fused-ring (bicyclic) bond motifs is 1. The number of anilines is 1. The van der Waals surface area contributed by atoms with Gasteiger partial charge in [0, 0.05) is 12.6 Å². The number of aromatic nitrogens is 4. The quantitative estimate of drug-likeness (QED) is 0.612. The van der Waals surface area contributed by atoms with E-state index < -0.39 is 0 Å². The van der Waals surface area contributed by atoms with Crippen LogP contribution in [0.5, 0.6) is 5.75 Å². The summed E-state index contributed by atoms with van der Waals surface area (Å²) in [6.45, 7) is 2.61. The molecular formula is C20H19N5O. The van der Waals surface area contributed by atoms with Crippen LogP contribution in [0.3, 0.4) is 0 Å². The van der Waals surface area contributed by atoms with Crippen LogP contribution >= 0.6 is 0 Å². The highest BCUT2D eigenvalue weighted by atomic mass is 16.5. The van der Waals surface area contributed by atoms with Crippen LogP contribution in [-0.2, 0) is 13.7 Å². The molecule has 0 bridgehead atoms. The molecule has 2 N–H and O–H groups in total. The fourth-order valence-electron chi connectivity index (χ4n) is 2.83. The van der Waals surface area contributed by atoms with Gasteiger partial charge in [-0.15, -0.1) is 0 Å². The summed E-state index contributed by atoms with van der Waals surface area (Å²) in [6.07, 6.45) is 1.45. The van der Waals surface area contributed by atoms with E-state index in [2.05, 4.69) is 46.1 Å². The summed E-state index contributed by atoms with van der Waals surface area (Å²) in [5.74, 6) is 1.99. The lowest BCUT2D eigenvalue weighted by Gasteiger charge is -2.08. The Kier molecular flexibility index (Phi) is 4.01. The largest absolute Gasteiger partial charge is 0.489 e. The van der Waals surface area contributed by atoms with Crippen LogP contribution in [0.1, 0.15) is 11.1 Å². The minimum atomic E-state index is 0.384. The third-order valence-electron chi connectivity index (χ3n) is 4.32. The number of nitrogen functional groups attached to an aromatic ring is 1. The first-order valence-corrected chi connectivity index (χ1v) is 8.33. The second kappa shape index (κ2) is 6.48. The molecule has 2 heterocycles. The van der Waals surface area contributed by atoms with E-state index in [0.717, 1.165) is 22.7 Å². The van der Waals surface area contributed by atoms with Crippen molar-refractivity contribution >= 4 is 17.0 Å². The zero-order valence-electron chi connectivity index (χ0n) is 14.7. The monoisotopic (exact) mass is 345 g/mol. The maximum atomic E-state index is 5.90. The Morgan fingerprint density at radius 1 is 1.00 bits per heavy atom. The molecule has 0 saturated carbocycles. The summed E-state index contributed by atoms with van der Waals surface area (Å²) in [7, 11) is 1.92. The van der Waals surface area contributed by atoms with Crippen molar-refractivity contribution < 1.29 is 4.74 Å². The Morgan fingerprint density at radius 2 is 1.73 bits per heavy atom. The Balaban J connectivity index is 1.55. The molecule has 0 spiro atoms. The Hall–Kier alpha value is -3.41. The van der Waals surface area contributed by atoms with Crippen molar-refractivity contribution in [3.8, 4) is 17.1 Å². The lowest BCUT2D eigenvalue weighted by Crippen LogP contribution is -1.97. The van der Waals surface area contributed by atoms with Crippen LogP contribution in [0.25, 0.3) is 22.6 Å². The van der Waals surface area contributed by atoms with Gasteiger partial charge in [0.1, 0.15) is 24.5 Å². The van der Waals surface area contributed by atoms with Gasteiger partial charge in [0.05, 0.1) is 0 Å². The third-order valence-corrected chi connectivity index (χ3v) is 4.32. The first-order valence-electron chi connectivity index (χ1n) is 8.33. The maximum absolute atomic E-state index is 5.90. The molecule has 26 heavy (non-hydrogen) atoms. The Bertz CT molecular complexity index is 1050. The average Bonchev–Trinajstić information content (AvgIpc) is 3.00. The summed E-state index contributed by atoms with van der Waals surface area (Å²) in [5, 5.41) is 0. The lowest BCUT2D eigenvalue weighted by atomic mass is 10.2. The van der Waals surface area contributed by atoms with Gasteiger partial charge in [-0.3, -0.25) is 0 Å². The minimum absolute atomic E-state index is 0.384. The van der Waals surface area contributed by atoms with Crippen molar-refractivity contribution in [3.63, 3.8) is 0 Å². The van der Waals surface area contributed by atoms with Gasteiger partial charge in [0.2, 0.25) is 0 Å². The lowest BCUT2D eigenvalue weighted by molar-refractivity contribution is 0.306. The van der Waals surface area contributed by atoms with Gasteiger partial charge < -0.3 is 15.0 Å². The van der Waals surface area contributed by atoms with Crippen molar-refractivity contribution in [3.05, 3.63) is 66.0 Å². The first-order chi connectivity index (χ1) is 12.6. The standard InChI is InChI=1S/C20H19N5O/c1-13-3-5-14(6-4-13)11-26-16-9-7-15(8-10-16)19-24-17-18(21)22-12-23-20(17)25(19)2/h3-10,12H,11H2,1-2H3,(H2,21,22,23). The fraction of sp³-hybridized carbons (Fsp3) is 0.150. The molecule has 6 nitrogen and oxygen atoms in total. The highest BCUT2D eigenvalue weighted by molar-refractivity contribution is 5.85. The predicted octanol–water partition coefficient (Wildman–Crippen LogP) is 3.50. The van der Waals surface area contributed by atoms with E-state index in [9.17, 15) is 0 Å². The average molecular weight is 345 g/mol. The molecule has 0 amide bonds. The SMILES string of the molecule is Cc1ccc(COc2ccc(-c3nc4c(N)ncnc4n3C)cc2)cc1. The smallest absolute Gasteiger partial charge is 0.165 e. The topological polar surface area (TPSA) is 78.8 Å². The Labute approximate surface area is 151 Å². The highest BCUT2D eigenvalue weighted by Gasteiger charge is 2.13. The molecule has 0 saturated heterocycles. The number of benzene rings is 2. The Morgan fingerprint density at radius 3 is 2.42 bits per heavy atom. The second-order valence-electron chi connectivity index (χ2n) is 6.22. The highest BCUT2D eigenvalue weighted by Crippen LogP contribution is 2.26. The predicted molar refractivity (Wildman–Crippen MR) is 102 cm³/mol. The van der Waals surface area contributed by atoms with Crippen molar-refractivity contribution in [2.75, 3.05) is 5.73 Å². The fourth-order valence-corrected chi connectivity index (χ4v) is 2.83. The molecule has 2 aromatic carbocycles. The van der Waals surface area contributed by atoms with Crippen molar-refractivity contribution in [2.45, 2.75) is 13.5 Å². The summed E-state index contributed by atoms with van der Waals surface area (Å²) < 4.78 is 7.77. The van der Waals surface area contributed by atoms with Crippen LogP contribution in [-0.4, -0.2) is 19.5 Å². The molecule has 0 radical (unpaired) electrons. The number of hydrogen-bond donors (Lipinski definition) is 1. The number of imidazole rings is 1. The number of hydrogen-bond acceptors (Lipinski definition) is 5. The number of aryl methyl sites for hydroxylation is 2. The molecular weight excluding hydrogens is 326 g/mol. The summed E-state index contributed by atoms with van der Waals surface area (Å²) in [5.41, 5.74) is 10.6. The molecule has 130 valence electrons. The zero-order valence-corrected chi connectivity index (χ0v) is 14.7. The molecule has 0 atom stereocenters. The van der Waals surface area contributed by atoms with Crippen LogP contribution in [0.15, 0.2) is 54.9 Å². The van der Waals surface area contributed by atoms with E-state index in [1.165, 1.54) is 11.9 Å². The van der Waals surface area contributed by atoms with E-state index in [4.69, 9.17) is 10.5 Å². The molecule has 4 rings (SSSR count). The van der Waals surface area contributed by atoms with Gasteiger partial charge in [0.15, 0.2) is 17.0 Å². The number of nitrogens with two attached hydrogens (primary N) is 1. The summed E-state index contributed by atoms with van der Waals surface area (Å²) in [4.78, 5) is 12.8. The van der Waals surface area contributed by atoms with Gasteiger partial charge in [-0.2, -0.15) is 0 Å². The molecule has 0 fully saturated rings. The number of rotatable bonds is 4. The zero-order chi connectivity index (χ0) is 18.1. The minimum Gasteiger partial charge on any atom is -0.489 e. The van der Waals surface area contributed by atoms with Crippen molar-refractivity contribution in [2.24, 2.45) is 7.05 Å². The molecule has 4 aromatic rings. The van der Waals surface area contributed by atoms with Crippen LogP contribution in [0.4, 0.5) is 5.82 Å². The van der Waals surface area contributed by atoms with Crippen molar-refractivity contribution in [1.82, 2.24) is 19.5 Å². The molecule has 0 unspecified atom stereocenters. The van der Waals surface area contributed by atoms with E-state index in [0.29, 0.717) is 23.6 Å². The van der Waals surface area contributed by atoms with Crippen LogP contribution in [0.2, 0.25) is 0 Å². The molecule has 0 aliphatic rings. The van der Waals surface area contributed by atoms with E-state index >= 15 is 0 Å². The normalized spacial score (nSPS) is 11.0. The second-order valence-corrected chi connectivity index (χ2v) is 6.22. The van der Waals surface area contributed by atoms with Gasteiger partial charge in [-0.05, 0) is 36.8 Å². The summed E-state index contributed by atoms with van der Waals surface area (Å²) >= 11 is 0. The van der Waals surface area contributed by atoms with E-state index in [-0.39, 0.29) is 0 Å². The molecule has 2 aromatic heterocycles. The van der Waals surface area contributed by atoms with Crippen LogP contribution < -0.4 is 10.5 Å².